The van der Waals surface area contributed by atoms with E-state index in [1.165, 1.54) is 0 Å². The molecule has 0 spiro atoms. The van der Waals surface area contributed by atoms with Crippen molar-refractivity contribution in [1.29, 1.82) is 0 Å². The lowest BCUT2D eigenvalue weighted by molar-refractivity contribution is 0.0948. The Morgan fingerprint density at radius 1 is 1.07 bits per heavy atom. The van der Waals surface area contributed by atoms with Crippen molar-refractivity contribution in [3.63, 3.8) is 0 Å². The molecule has 0 radical (unpaired) electrons. The van der Waals surface area contributed by atoms with Crippen LogP contribution in [0.2, 0.25) is 0 Å². The van der Waals surface area contributed by atoms with E-state index >= 15 is 0 Å². The van der Waals surface area contributed by atoms with Gasteiger partial charge in [0, 0.05) is 17.5 Å². The van der Waals surface area contributed by atoms with Crippen LogP contribution < -0.4 is 10.6 Å². The third kappa shape index (κ3) is 4.98. The normalized spacial score (nSPS) is 10.1. The minimum Gasteiger partial charge on any atom is -0.346 e. The minimum atomic E-state index is -0.363. The lowest BCUT2D eigenvalue weighted by Gasteiger charge is -2.08. The summed E-state index contributed by atoms with van der Waals surface area (Å²) < 4.78 is 0. The monoisotopic (exact) mass is 513 g/mol. The molecule has 2 aromatic carbocycles. The second-order valence-electron chi connectivity index (χ2n) is 5.91. The third-order valence-electron chi connectivity index (χ3n) is 3.97. The van der Waals surface area contributed by atoms with Crippen molar-refractivity contribution in [3.8, 4) is 11.4 Å². The predicted octanol–water partition coefficient (Wildman–Crippen LogP) is 4.13. The number of amides is 1. The number of rotatable bonds is 6. The highest BCUT2D eigenvalue weighted by atomic mass is 127. The molecule has 0 aliphatic rings. The Bertz CT molecular complexity index is 1140. The van der Waals surface area contributed by atoms with Gasteiger partial charge >= 0.3 is 0 Å². The van der Waals surface area contributed by atoms with Crippen LogP contribution in [0.4, 0.5) is 11.8 Å². The highest BCUT2D eigenvalue weighted by Gasteiger charge is 2.14. The van der Waals surface area contributed by atoms with Crippen LogP contribution in [0, 0.1) is 0 Å². The number of hydrogen-bond donors (Lipinski definition) is 3. The van der Waals surface area contributed by atoms with Crippen LogP contribution >= 0.6 is 22.6 Å². The highest BCUT2D eigenvalue weighted by Crippen LogP contribution is 2.26. The zero-order valence-electron chi connectivity index (χ0n) is 16.3. The molecule has 1 amide bonds. The maximum absolute atomic E-state index is 12.0. The maximum Gasteiger partial charge on any atom is 0.288 e. The Hall–Kier alpha value is -3.34. The fourth-order valence-electron chi connectivity index (χ4n) is 2.66. The third-order valence-corrected chi connectivity index (χ3v) is 3.97. The summed E-state index contributed by atoms with van der Waals surface area (Å²) in [5, 5.41) is 13.2. The van der Waals surface area contributed by atoms with Gasteiger partial charge in [-0.2, -0.15) is 4.98 Å². The minimum absolute atomic E-state index is 0.103. The van der Waals surface area contributed by atoms with E-state index in [-0.39, 0.29) is 17.7 Å². The molecule has 0 bridgehead atoms. The van der Waals surface area contributed by atoms with Crippen LogP contribution in [0.1, 0.15) is 10.6 Å². The van der Waals surface area contributed by atoms with E-state index in [9.17, 15) is 4.79 Å². The molecule has 30 heavy (non-hydrogen) atoms. The van der Waals surface area contributed by atoms with Gasteiger partial charge in [0.1, 0.15) is 5.82 Å². The van der Waals surface area contributed by atoms with Crippen molar-refractivity contribution in [2.24, 2.45) is 0 Å². The summed E-state index contributed by atoms with van der Waals surface area (Å²) in [6.45, 7) is 3.91. The molecule has 3 N–H and O–H groups in total. The summed E-state index contributed by atoms with van der Waals surface area (Å²) >= 11 is 2.15. The first-order valence-corrected chi connectivity index (χ1v) is 11.2. The van der Waals surface area contributed by atoms with Crippen LogP contribution in [0.25, 0.3) is 22.3 Å². The van der Waals surface area contributed by atoms with Crippen LogP contribution in [0.5, 0.6) is 0 Å². The number of nitrogens with one attached hydrogen (secondary N) is 3. The van der Waals surface area contributed by atoms with Gasteiger partial charge in [-0.15, -0.1) is 11.7 Å². The number of alkyl halides is 1. The molecular formula is C21H20IN7O. The van der Waals surface area contributed by atoms with E-state index in [0.717, 1.165) is 16.5 Å². The van der Waals surface area contributed by atoms with Crippen LogP contribution in [0.3, 0.4) is 0 Å². The number of hydrogen-bond acceptors (Lipinski definition) is 6. The molecule has 0 aliphatic heterocycles. The van der Waals surface area contributed by atoms with Gasteiger partial charge in [-0.3, -0.25) is 9.89 Å². The second-order valence-corrected chi connectivity index (χ2v) is 5.91. The van der Waals surface area contributed by atoms with Gasteiger partial charge < -0.3 is 10.6 Å². The first-order valence-electron chi connectivity index (χ1n) is 9.03. The number of carbonyl (C=O) groups is 1. The Kier molecular flexibility index (Phi) is 7.44. The highest BCUT2D eigenvalue weighted by molar-refractivity contribution is 14.1. The van der Waals surface area contributed by atoms with Crippen molar-refractivity contribution >= 4 is 51.2 Å². The van der Waals surface area contributed by atoms with Crippen LogP contribution in [-0.2, 0) is 0 Å². The van der Waals surface area contributed by atoms with Gasteiger partial charge in [-0.25, -0.2) is 9.97 Å². The molecule has 0 aliphatic carbocycles. The molecular weight excluding hydrogens is 493 g/mol. The van der Waals surface area contributed by atoms with Gasteiger partial charge in [-0.1, -0.05) is 71.1 Å². The fourth-order valence-corrected chi connectivity index (χ4v) is 2.66. The molecule has 4 rings (SSSR count). The Balaban J connectivity index is 0.00000124. The molecule has 4 aromatic rings. The molecule has 9 heteroatoms. The molecule has 0 saturated heterocycles. The van der Waals surface area contributed by atoms with E-state index in [1.807, 2.05) is 59.5 Å². The van der Waals surface area contributed by atoms with Gasteiger partial charge in [0.05, 0.1) is 5.52 Å². The molecule has 0 unspecified atom stereocenters. The standard InChI is InChI=1S/C20H17N7O.CH3I/c1-2-12-21-19(28)18-25-20(27-26-18)24-17-14-10-6-7-11-15(14)22-16(23-17)13-8-4-3-5-9-13;1-2/h2-11H,1,12H2,(H,21,28)(H2,22,23,24,25,26,27);1H3. The average molecular weight is 513 g/mol. The van der Waals surface area contributed by atoms with Crippen LogP contribution in [0.15, 0.2) is 67.3 Å². The molecule has 0 atom stereocenters. The van der Waals surface area contributed by atoms with E-state index < -0.39 is 0 Å². The van der Waals surface area contributed by atoms with E-state index in [1.54, 1.807) is 6.08 Å². The van der Waals surface area contributed by atoms with E-state index in [0.29, 0.717) is 18.2 Å². The summed E-state index contributed by atoms with van der Waals surface area (Å²) in [4.78, 5) is 27.4. The van der Waals surface area contributed by atoms with Crippen LogP contribution in [-0.4, -0.2) is 42.5 Å². The fraction of sp³-hybridized carbons (Fsp3) is 0.0952. The molecule has 152 valence electrons. The molecule has 0 saturated carbocycles. The average Bonchev–Trinajstić information content (AvgIpc) is 3.28. The summed E-state index contributed by atoms with van der Waals surface area (Å²) in [6, 6.07) is 17.4. The largest absolute Gasteiger partial charge is 0.346 e. The number of anilines is 2. The summed E-state index contributed by atoms with van der Waals surface area (Å²) in [6.07, 6.45) is 1.59. The number of carbonyl (C=O) groups excluding carboxylic acids is 1. The van der Waals surface area contributed by atoms with E-state index in [4.69, 9.17) is 0 Å². The molecule has 8 nitrogen and oxygen atoms in total. The number of halogens is 1. The molecule has 2 heterocycles. The summed E-state index contributed by atoms with van der Waals surface area (Å²) in [7, 11) is 0. The second kappa shape index (κ2) is 10.4. The van der Waals surface area contributed by atoms with Gasteiger partial charge in [0.15, 0.2) is 5.82 Å². The Labute approximate surface area is 187 Å². The van der Waals surface area contributed by atoms with E-state index in [2.05, 4.69) is 65.0 Å². The summed E-state index contributed by atoms with van der Waals surface area (Å²) in [5.74, 6) is 1.12. The number of nitrogens with zero attached hydrogens (tertiary/aromatic N) is 4. The number of aromatic nitrogens is 5. The first kappa shape index (κ1) is 21.4. The predicted molar refractivity (Wildman–Crippen MR) is 127 cm³/mol. The number of H-pyrrole nitrogens is 1. The maximum atomic E-state index is 12.0. The van der Waals surface area contributed by atoms with Gasteiger partial charge in [0.25, 0.3) is 5.91 Å². The van der Waals surface area contributed by atoms with Crippen molar-refractivity contribution in [3.05, 3.63) is 73.1 Å². The number of para-hydroxylation sites is 1. The Morgan fingerprint density at radius 3 is 2.57 bits per heavy atom. The SMILES string of the molecule is C=CCNC(=O)c1nc(Nc2nc(-c3ccccc3)nc3ccccc23)n[nH]1.CI. The zero-order valence-corrected chi connectivity index (χ0v) is 18.4. The lowest BCUT2D eigenvalue weighted by atomic mass is 10.2. The van der Waals surface area contributed by atoms with Crippen molar-refractivity contribution in [2.45, 2.75) is 0 Å². The number of benzene rings is 2. The van der Waals surface area contributed by atoms with Gasteiger partial charge in [0.2, 0.25) is 11.8 Å². The number of aromatic amines is 1. The zero-order chi connectivity index (χ0) is 21.3. The molecule has 2 aromatic heterocycles. The lowest BCUT2D eigenvalue weighted by Crippen LogP contribution is -2.24. The Morgan fingerprint density at radius 2 is 1.80 bits per heavy atom. The quantitative estimate of drug-likeness (QED) is 0.203. The number of fused-ring (bicyclic) bond motifs is 1. The summed E-state index contributed by atoms with van der Waals surface area (Å²) in [5.41, 5.74) is 1.69. The first-order chi connectivity index (χ1) is 14.7. The van der Waals surface area contributed by atoms with Crippen molar-refractivity contribution < 1.29 is 4.79 Å². The van der Waals surface area contributed by atoms with Crippen molar-refractivity contribution in [1.82, 2.24) is 30.5 Å². The van der Waals surface area contributed by atoms with Crippen molar-refractivity contribution in [2.75, 3.05) is 16.8 Å². The molecule has 0 fully saturated rings. The smallest absolute Gasteiger partial charge is 0.288 e. The topological polar surface area (TPSA) is 108 Å². The van der Waals surface area contributed by atoms with Gasteiger partial charge in [-0.05, 0) is 17.1 Å².